The van der Waals surface area contributed by atoms with Gasteiger partial charge in [0.15, 0.2) is 0 Å². The fourth-order valence-corrected chi connectivity index (χ4v) is 1.53. The molecule has 0 saturated carbocycles. The van der Waals surface area contributed by atoms with Gasteiger partial charge >= 0.3 is 0 Å². The molecular formula is C13H21N3O. The lowest BCUT2D eigenvalue weighted by Gasteiger charge is -2.11. The molecule has 17 heavy (non-hydrogen) atoms. The fraction of sp³-hybridized carbons (Fsp3) is 0.538. The van der Waals surface area contributed by atoms with Gasteiger partial charge in [0.05, 0.1) is 0 Å². The van der Waals surface area contributed by atoms with Gasteiger partial charge in [-0.1, -0.05) is 19.4 Å². The number of hydrogen-bond donors (Lipinski definition) is 2. The van der Waals surface area contributed by atoms with Crippen molar-refractivity contribution < 1.29 is 4.79 Å². The average molecular weight is 235 g/mol. The quantitative estimate of drug-likeness (QED) is 0.782. The predicted molar refractivity (Wildman–Crippen MR) is 68.3 cm³/mol. The summed E-state index contributed by atoms with van der Waals surface area (Å²) in [6.45, 7) is 5.09. The number of nitrogens with one attached hydrogen (secondary N) is 1. The van der Waals surface area contributed by atoms with Crippen LogP contribution in [0.4, 0.5) is 0 Å². The first-order valence-corrected chi connectivity index (χ1v) is 6.04. The lowest BCUT2D eigenvalue weighted by molar-refractivity contribution is -0.122. The number of aromatic nitrogens is 1. The van der Waals surface area contributed by atoms with Crippen LogP contribution in [0.1, 0.15) is 31.0 Å². The minimum Gasteiger partial charge on any atom is -0.352 e. The highest BCUT2D eigenvalue weighted by molar-refractivity contribution is 5.76. The molecule has 0 aliphatic heterocycles. The Morgan fingerprint density at radius 1 is 1.53 bits per heavy atom. The standard InChI is InChI=1S/C13H21N3O/c1-3-11(7-14)6-13(17)16-9-12-5-4-10(2)15-8-12/h4-5,8,11H,3,6-7,9,14H2,1-2H3,(H,16,17). The van der Waals surface area contributed by atoms with E-state index in [1.54, 1.807) is 6.20 Å². The first kappa shape index (κ1) is 13.6. The van der Waals surface area contributed by atoms with Crippen LogP contribution >= 0.6 is 0 Å². The van der Waals surface area contributed by atoms with Gasteiger partial charge in [-0.05, 0) is 31.0 Å². The molecule has 4 nitrogen and oxygen atoms in total. The Hall–Kier alpha value is -1.42. The second-order valence-corrected chi connectivity index (χ2v) is 4.30. The number of hydrogen-bond acceptors (Lipinski definition) is 3. The van der Waals surface area contributed by atoms with Crippen molar-refractivity contribution >= 4 is 5.91 Å². The Morgan fingerprint density at radius 2 is 2.29 bits per heavy atom. The number of nitrogens with zero attached hydrogens (tertiary/aromatic N) is 1. The van der Waals surface area contributed by atoms with Gasteiger partial charge in [0.2, 0.25) is 5.91 Å². The van der Waals surface area contributed by atoms with Crippen LogP contribution < -0.4 is 11.1 Å². The minimum absolute atomic E-state index is 0.0582. The van der Waals surface area contributed by atoms with Crippen LogP contribution in [0.25, 0.3) is 0 Å². The van der Waals surface area contributed by atoms with Crippen molar-refractivity contribution in [2.75, 3.05) is 6.54 Å². The highest BCUT2D eigenvalue weighted by Crippen LogP contribution is 2.06. The van der Waals surface area contributed by atoms with E-state index in [-0.39, 0.29) is 11.8 Å². The molecule has 4 heteroatoms. The number of aryl methyl sites for hydroxylation is 1. The molecule has 1 aromatic rings. The van der Waals surface area contributed by atoms with Crippen molar-refractivity contribution in [2.24, 2.45) is 11.7 Å². The van der Waals surface area contributed by atoms with Crippen molar-refractivity contribution in [1.82, 2.24) is 10.3 Å². The summed E-state index contributed by atoms with van der Waals surface area (Å²) in [4.78, 5) is 15.8. The zero-order chi connectivity index (χ0) is 12.7. The number of nitrogens with two attached hydrogens (primary N) is 1. The monoisotopic (exact) mass is 235 g/mol. The smallest absolute Gasteiger partial charge is 0.220 e. The van der Waals surface area contributed by atoms with Gasteiger partial charge in [0, 0.05) is 24.9 Å². The van der Waals surface area contributed by atoms with E-state index in [0.717, 1.165) is 17.7 Å². The van der Waals surface area contributed by atoms with Crippen LogP contribution in [-0.2, 0) is 11.3 Å². The maximum atomic E-state index is 11.6. The van der Waals surface area contributed by atoms with Crippen molar-refractivity contribution in [3.63, 3.8) is 0 Å². The summed E-state index contributed by atoms with van der Waals surface area (Å²) < 4.78 is 0. The summed E-state index contributed by atoms with van der Waals surface area (Å²) >= 11 is 0. The van der Waals surface area contributed by atoms with Crippen molar-refractivity contribution in [1.29, 1.82) is 0 Å². The van der Waals surface area contributed by atoms with E-state index in [9.17, 15) is 4.79 Å². The summed E-state index contributed by atoms with van der Waals surface area (Å²) in [5, 5.41) is 2.88. The third-order valence-corrected chi connectivity index (χ3v) is 2.85. The summed E-state index contributed by atoms with van der Waals surface area (Å²) in [5.74, 6) is 0.342. The minimum atomic E-state index is 0.0582. The van der Waals surface area contributed by atoms with Gasteiger partial charge in [-0.15, -0.1) is 0 Å². The van der Waals surface area contributed by atoms with Crippen LogP contribution in [0, 0.1) is 12.8 Å². The molecule has 94 valence electrons. The molecule has 1 rings (SSSR count). The molecule has 0 aromatic carbocycles. The highest BCUT2D eigenvalue weighted by atomic mass is 16.1. The first-order chi connectivity index (χ1) is 8.15. The molecule has 0 spiro atoms. The lowest BCUT2D eigenvalue weighted by Crippen LogP contribution is -2.27. The number of carbonyl (C=O) groups excluding carboxylic acids is 1. The Bertz CT molecular complexity index is 344. The Kier molecular flexibility index (Phi) is 5.63. The molecule has 1 heterocycles. The second-order valence-electron chi connectivity index (χ2n) is 4.30. The molecule has 1 aromatic heterocycles. The van der Waals surface area contributed by atoms with Gasteiger partial charge in [-0.2, -0.15) is 0 Å². The zero-order valence-corrected chi connectivity index (χ0v) is 10.6. The Labute approximate surface area is 103 Å². The van der Waals surface area contributed by atoms with E-state index in [1.807, 2.05) is 19.1 Å². The molecule has 0 aliphatic rings. The molecular weight excluding hydrogens is 214 g/mol. The molecule has 0 aliphatic carbocycles. The predicted octanol–water partition coefficient (Wildman–Crippen LogP) is 1.38. The Morgan fingerprint density at radius 3 is 2.82 bits per heavy atom. The van der Waals surface area contributed by atoms with E-state index in [0.29, 0.717) is 19.5 Å². The highest BCUT2D eigenvalue weighted by Gasteiger charge is 2.09. The van der Waals surface area contributed by atoms with Gasteiger partial charge in [0.1, 0.15) is 0 Å². The third kappa shape index (κ3) is 4.95. The van der Waals surface area contributed by atoms with Crippen molar-refractivity contribution in [2.45, 2.75) is 33.2 Å². The van der Waals surface area contributed by atoms with Crippen LogP contribution in [0.3, 0.4) is 0 Å². The van der Waals surface area contributed by atoms with E-state index in [1.165, 1.54) is 0 Å². The number of rotatable bonds is 6. The Balaban J connectivity index is 2.35. The molecule has 1 unspecified atom stereocenters. The van der Waals surface area contributed by atoms with E-state index >= 15 is 0 Å². The summed E-state index contributed by atoms with van der Waals surface area (Å²) in [6.07, 6.45) is 3.23. The molecule has 1 amide bonds. The van der Waals surface area contributed by atoms with Crippen LogP contribution in [0.5, 0.6) is 0 Å². The molecule has 0 fully saturated rings. The summed E-state index contributed by atoms with van der Waals surface area (Å²) in [5.41, 5.74) is 7.56. The van der Waals surface area contributed by atoms with Crippen molar-refractivity contribution in [3.05, 3.63) is 29.6 Å². The van der Waals surface area contributed by atoms with Gasteiger partial charge in [0.25, 0.3) is 0 Å². The maximum absolute atomic E-state index is 11.6. The van der Waals surface area contributed by atoms with Crippen molar-refractivity contribution in [3.8, 4) is 0 Å². The molecule has 0 radical (unpaired) electrons. The SMILES string of the molecule is CCC(CN)CC(=O)NCc1ccc(C)nc1. The van der Waals surface area contributed by atoms with E-state index in [2.05, 4.69) is 17.2 Å². The second kappa shape index (κ2) is 7.01. The normalized spacial score (nSPS) is 12.2. The average Bonchev–Trinajstić information content (AvgIpc) is 2.35. The van der Waals surface area contributed by atoms with Gasteiger partial charge in [-0.3, -0.25) is 9.78 Å². The topological polar surface area (TPSA) is 68.0 Å². The van der Waals surface area contributed by atoms with Gasteiger partial charge in [-0.25, -0.2) is 0 Å². The first-order valence-electron chi connectivity index (χ1n) is 6.04. The zero-order valence-electron chi connectivity index (χ0n) is 10.6. The largest absolute Gasteiger partial charge is 0.352 e. The molecule has 0 bridgehead atoms. The molecule has 3 N–H and O–H groups in total. The van der Waals surface area contributed by atoms with E-state index in [4.69, 9.17) is 5.73 Å². The van der Waals surface area contributed by atoms with Crippen LogP contribution in [-0.4, -0.2) is 17.4 Å². The summed E-state index contributed by atoms with van der Waals surface area (Å²) in [7, 11) is 0. The maximum Gasteiger partial charge on any atom is 0.220 e. The number of pyridine rings is 1. The summed E-state index contributed by atoms with van der Waals surface area (Å²) in [6, 6.07) is 3.92. The number of carbonyl (C=O) groups is 1. The van der Waals surface area contributed by atoms with Crippen LogP contribution in [0.15, 0.2) is 18.3 Å². The van der Waals surface area contributed by atoms with Crippen LogP contribution in [0.2, 0.25) is 0 Å². The molecule has 0 saturated heterocycles. The third-order valence-electron chi connectivity index (χ3n) is 2.85. The lowest BCUT2D eigenvalue weighted by atomic mass is 10.0. The number of amides is 1. The fourth-order valence-electron chi connectivity index (χ4n) is 1.53. The van der Waals surface area contributed by atoms with Gasteiger partial charge < -0.3 is 11.1 Å². The van der Waals surface area contributed by atoms with E-state index < -0.39 is 0 Å². The molecule has 1 atom stereocenters.